The largest absolute Gasteiger partial charge is 0.508 e. The van der Waals surface area contributed by atoms with E-state index in [2.05, 4.69) is 25.9 Å². The highest BCUT2D eigenvalue weighted by Gasteiger charge is 2.08. The van der Waals surface area contributed by atoms with Gasteiger partial charge in [-0.2, -0.15) is 0 Å². The molecule has 5 heteroatoms. The molecule has 0 aliphatic heterocycles. The van der Waals surface area contributed by atoms with Gasteiger partial charge >= 0.3 is 0 Å². The number of hydrogen-bond acceptors (Lipinski definition) is 2. The van der Waals surface area contributed by atoms with Crippen LogP contribution in [0, 0.1) is 5.82 Å². The molecule has 0 fully saturated rings. The van der Waals surface area contributed by atoms with Crippen LogP contribution in [-0.2, 0) is 0 Å². The number of H-pyrrole nitrogens is 1. The van der Waals surface area contributed by atoms with Gasteiger partial charge in [-0.15, -0.1) is 0 Å². The highest BCUT2D eigenvalue weighted by Crippen LogP contribution is 2.26. The molecular formula is C13H8BrFN2O. The molecule has 0 unspecified atom stereocenters. The van der Waals surface area contributed by atoms with E-state index < -0.39 is 0 Å². The Kier molecular flexibility index (Phi) is 2.56. The van der Waals surface area contributed by atoms with Crippen LogP contribution in [0.4, 0.5) is 4.39 Å². The van der Waals surface area contributed by atoms with Crippen LogP contribution < -0.4 is 0 Å². The van der Waals surface area contributed by atoms with E-state index in [9.17, 15) is 9.50 Å². The zero-order valence-corrected chi connectivity index (χ0v) is 10.7. The second-order valence-corrected chi connectivity index (χ2v) is 4.77. The van der Waals surface area contributed by atoms with Crippen molar-refractivity contribution in [3.63, 3.8) is 0 Å². The highest BCUT2D eigenvalue weighted by molar-refractivity contribution is 9.10. The third-order valence-corrected chi connectivity index (χ3v) is 3.27. The fourth-order valence-electron chi connectivity index (χ4n) is 1.76. The number of halogens is 2. The van der Waals surface area contributed by atoms with Gasteiger partial charge in [-0.1, -0.05) is 0 Å². The zero-order valence-electron chi connectivity index (χ0n) is 9.11. The number of aromatic hydroxyl groups is 1. The van der Waals surface area contributed by atoms with Gasteiger partial charge in [0.05, 0.1) is 15.5 Å². The minimum atomic E-state index is -0.330. The van der Waals surface area contributed by atoms with Crippen molar-refractivity contribution in [2.75, 3.05) is 0 Å². The van der Waals surface area contributed by atoms with Crippen LogP contribution in [0.5, 0.6) is 5.75 Å². The summed E-state index contributed by atoms with van der Waals surface area (Å²) in [6.07, 6.45) is 0. The molecule has 0 bridgehead atoms. The van der Waals surface area contributed by atoms with Crippen LogP contribution in [0.25, 0.3) is 22.4 Å². The number of benzene rings is 2. The highest BCUT2D eigenvalue weighted by atomic mass is 79.9. The SMILES string of the molecule is Oc1ccc(-c2nc3cc(Br)c(F)cc3[nH]2)cc1. The molecule has 1 heterocycles. The molecule has 2 aromatic carbocycles. The molecule has 3 nitrogen and oxygen atoms in total. The van der Waals surface area contributed by atoms with Crippen molar-refractivity contribution in [1.82, 2.24) is 9.97 Å². The van der Waals surface area contributed by atoms with Crippen LogP contribution in [0.15, 0.2) is 40.9 Å². The lowest BCUT2D eigenvalue weighted by Crippen LogP contribution is -1.78. The Morgan fingerprint density at radius 2 is 1.89 bits per heavy atom. The summed E-state index contributed by atoms with van der Waals surface area (Å²) in [5.41, 5.74) is 2.16. The summed E-state index contributed by atoms with van der Waals surface area (Å²) < 4.78 is 13.8. The Labute approximate surface area is 110 Å². The summed E-state index contributed by atoms with van der Waals surface area (Å²) >= 11 is 3.13. The topological polar surface area (TPSA) is 48.9 Å². The monoisotopic (exact) mass is 306 g/mol. The normalized spacial score (nSPS) is 11.0. The number of aromatic nitrogens is 2. The molecular weight excluding hydrogens is 299 g/mol. The lowest BCUT2D eigenvalue weighted by Gasteiger charge is -1.95. The van der Waals surface area contributed by atoms with Gasteiger partial charge in [-0.05, 0) is 46.3 Å². The van der Waals surface area contributed by atoms with Crippen molar-refractivity contribution in [2.24, 2.45) is 0 Å². The first kappa shape index (κ1) is 11.2. The van der Waals surface area contributed by atoms with E-state index in [0.717, 1.165) is 5.56 Å². The Morgan fingerprint density at radius 3 is 2.61 bits per heavy atom. The van der Waals surface area contributed by atoms with Crippen LogP contribution in [0.3, 0.4) is 0 Å². The molecule has 0 radical (unpaired) electrons. The van der Waals surface area contributed by atoms with Gasteiger partial charge in [-0.25, -0.2) is 9.37 Å². The predicted molar refractivity (Wildman–Crippen MR) is 70.9 cm³/mol. The molecule has 0 aliphatic rings. The average molecular weight is 307 g/mol. The summed E-state index contributed by atoms with van der Waals surface area (Å²) in [5, 5.41) is 9.23. The number of imidazole rings is 1. The van der Waals surface area contributed by atoms with Crippen molar-refractivity contribution in [3.8, 4) is 17.1 Å². The van der Waals surface area contributed by atoms with E-state index in [1.54, 1.807) is 30.3 Å². The molecule has 3 rings (SSSR count). The molecule has 18 heavy (non-hydrogen) atoms. The first-order valence-electron chi connectivity index (χ1n) is 5.27. The van der Waals surface area contributed by atoms with E-state index in [1.165, 1.54) is 6.07 Å². The number of phenols is 1. The molecule has 0 aliphatic carbocycles. The Morgan fingerprint density at radius 1 is 1.17 bits per heavy atom. The van der Waals surface area contributed by atoms with Gasteiger partial charge in [0, 0.05) is 11.6 Å². The maximum atomic E-state index is 13.4. The third kappa shape index (κ3) is 1.86. The number of fused-ring (bicyclic) bond motifs is 1. The quantitative estimate of drug-likeness (QED) is 0.717. The Hall–Kier alpha value is -1.88. The zero-order chi connectivity index (χ0) is 12.7. The number of aromatic amines is 1. The molecule has 0 saturated heterocycles. The Balaban J connectivity index is 2.16. The molecule has 0 spiro atoms. The van der Waals surface area contributed by atoms with E-state index >= 15 is 0 Å². The van der Waals surface area contributed by atoms with Crippen molar-refractivity contribution < 1.29 is 9.50 Å². The lowest BCUT2D eigenvalue weighted by molar-refractivity contribution is 0.475. The average Bonchev–Trinajstić information content (AvgIpc) is 2.73. The van der Waals surface area contributed by atoms with Gasteiger partial charge in [0.15, 0.2) is 0 Å². The standard InChI is InChI=1S/C13H8BrFN2O/c14-9-5-11-12(6-10(9)15)17-13(16-11)7-1-3-8(18)4-2-7/h1-6,18H,(H,16,17). The summed E-state index contributed by atoms with van der Waals surface area (Å²) in [7, 11) is 0. The molecule has 0 atom stereocenters. The second-order valence-electron chi connectivity index (χ2n) is 3.92. The summed E-state index contributed by atoms with van der Waals surface area (Å²) in [6, 6.07) is 9.69. The molecule has 1 aromatic heterocycles. The number of rotatable bonds is 1. The summed E-state index contributed by atoms with van der Waals surface area (Å²) in [4.78, 5) is 7.43. The maximum Gasteiger partial charge on any atom is 0.139 e. The summed E-state index contributed by atoms with van der Waals surface area (Å²) in [5.74, 6) is 0.509. The molecule has 2 N–H and O–H groups in total. The number of nitrogens with zero attached hydrogens (tertiary/aromatic N) is 1. The number of nitrogens with one attached hydrogen (secondary N) is 1. The van der Waals surface area contributed by atoms with Gasteiger partial charge in [0.2, 0.25) is 0 Å². The minimum Gasteiger partial charge on any atom is -0.508 e. The third-order valence-electron chi connectivity index (χ3n) is 2.66. The first-order valence-corrected chi connectivity index (χ1v) is 6.07. The Bertz CT molecular complexity index is 683. The van der Waals surface area contributed by atoms with E-state index in [0.29, 0.717) is 21.3 Å². The second kappa shape index (κ2) is 4.10. The molecule has 3 aromatic rings. The van der Waals surface area contributed by atoms with E-state index in [-0.39, 0.29) is 11.6 Å². The molecule has 90 valence electrons. The molecule has 0 amide bonds. The van der Waals surface area contributed by atoms with Gasteiger partial charge in [0.1, 0.15) is 17.4 Å². The smallest absolute Gasteiger partial charge is 0.139 e. The van der Waals surface area contributed by atoms with Crippen molar-refractivity contribution in [1.29, 1.82) is 0 Å². The number of phenolic OH excluding ortho intramolecular Hbond substituents is 1. The van der Waals surface area contributed by atoms with E-state index in [4.69, 9.17) is 0 Å². The van der Waals surface area contributed by atoms with Crippen molar-refractivity contribution >= 4 is 27.0 Å². The van der Waals surface area contributed by atoms with Gasteiger partial charge < -0.3 is 10.1 Å². The fraction of sp³-hybridized carbons (Fsp3) is 0. The van der Waals surface area contributed by atoms with E-state index in [1.807, 2.05) is 0 Å². The predicted octanol–water partition coefficient (Wildman–Crippen LogP) is 3.84. The maximum absolute atomic E-state index is 13.4. The van der Waals surface area contributed by atoms with Gasteiger partial charge in [0.25, 0.3) is 0 Å². The van der Waals surface area contributed by atoms with Crippen LogP contribution >= 0.6 is 15.9 Å². The fourth-order valence-corrected chi connectivity index (χ4v) is 2.09. The molecule has 0 saturated carbocycles. The van der Waals surface area contributed by atoms with Gasteiger partial charge in [-0.3, -0.25) is 0 Å². The number of hydrogen-bond donors (Lipinski definition) is 2. The van der Waals surface area contributed by atoms with Crippen LogP contribution in [0.1, 0.15) is 0 Å². The lowest BCUT2D eigenvalue weighted by atomic mass is 10.2. The minimum absolute atomic E-state index is 0.198. The van der Waals surface area contributed by atoms with Crippen LogP contribution in [-0.4, -0.2) is 15.1 Å². The van der Waals surface area contributed by atoms with Crippen LogP contribution in [0.2, 0.25) is 0 Å². The summed E-state index contributed by atoms with van der Waals surface area (Å²) in [6.45, 7) is 0. The first-order chi connectivity index (χ1) is 8.63. The van der Waals surface area contributed by atoms with Crippen molar-refractivity contribution in [3.05, 3.63) is 46.7 Å². The van der Waals surface area contributed by atoms with Crippen molar-refractivity contribution in [2.45, 2.75) is 0 Å².